The number of hydrogen-bond donors (Lipinski definition) is 2. The predicted molar refractivity (Wildman–Crippen MR) is 69.1 cm³/mol. The molecule has 3 N–H and O–H groups in total. The zero-order valence-electron chi connectivity index (χ0n) is 10.5. The summed E-state index contributed by atoms with van der Waals surface area (Å²) in [5, 5.41) is 7.89. The lowest BCUT2D eigenvalue weighted by atomic mass is 10.0. The normalized spacial score (nSPS) is 23.3. The van der Waals surface area contributed by atoms with Crippen LogP contribution in [0, 0.1) is 0 Å². The summed E-state index contributed by atoms with van der Waals surface area (Å²) in [7, 11) is -3.81. The Kier molecular flexibility index (Phi) is 3.62. The number of benzene rings is 1. The summed E-state index contributed by atoms with van der Waals surface area (Å²) in [4.78, 5) is 12.0. The Morgan fingerprint density at radius 1 is 1.47 bits per heavy atom. The predicted octanol–water partition coefficient (Wildman–Crippen LogP) is 0.243. The molecule has 6 nitrogen and oxygen atoms in total. The van der Waals surface area contributed by atoms with E-state index in [0.29, 0.717) is 13.2 Å². The van der Waals surface area contributed by atoms with Crippen molar-refractivity contribution < 1.29 is 17.9 Å². The molecule has 0 saturated carbocycles. The monoisotopic (exact) mass is 284 g/mol. The summed E-state index contributed by atoms with van der Waals surface area (Å²) in [5.41, 5.74) is -0.144. The number of nitrogens with two attached hydrogens (primary N) is 1. The van der Waals surface area contributed by atoms with Gasteiger partial charge in [-0.25, -0.2) is 13.6 Å². The molecular weight excluding hydrogens is 268 g/mol. The van der Waals surface area contributed by atoms with E-state index in [-0.39, 0.29) is 16.4 Å². The van der Waals surface area contributed by atoms with Gasteiger partial charge >= 0.3 is 0 Å². The van der Waals surface area contributed by atoms with Crippen LogP contribution in [0.5, 0.6) is 0 Å². The third-order valence-electron chi connectivity index (χ3n) is 3.06. The molecule has 19 heavy (non-hydrogen) atoms. The fourth-order valence-electron chi connectivity index (χ4n) is 1.93. The number of primary sulfonamides is 1. The highest BCUT2D eigenvalue weighted by Crippen LogP contribution is 2.18. The van der Waals surface area contributed by atoms with E-state index in [1.54, 1.807) is 6.07 Å². The smallest absolute Gasteiger partial charge is 0.251 e. The van der Waals surface area contributed by atoms with E-state index >= 15 is 0 Å². The summed E-state index contributed by atoms with van der Waals surface area (Å²) in [6.45, 7) is 2.95. The van der Waals surface area contributed by atoms with Crippen molar-refractivity contribution in [3.05, 3.63) is 29.8 Å². The van der Waals surface area contributed by atoms with Crippen molar-refractivity contribution in [3.8, 4) is 0 Å². The second-order valence-electron chi connectivity index (χ2n) is 4.89. The van der Waals surface area contributed by atoms with Crippen LogP contribution in [-0.4, -0.2) is 33.1 Å². The quantitative estimate of drug-likeness (QED) is 0.830. The maximum absolute atomic E-state index is 12.1. The van der Waals surface area contributed by atoms with Crippen LogP contribution in [0.25, 0.3) is 0 Å². The molecule has 1 saturated heterocycles. The summed E-state index contributed by atoms with van der Waals surface area (Å²) < 4.78 is 27.7. The summed E-state index contributed by atoms with van der Waals surface area (Å²) in [6.07, 6.45) is 0.730. The minimum Gasteiger partial charge on any atom is -0.379 e. The fourth-order valence-corrected chi connectivity index (χ4v) is 2.49. The summed E-state index contributed by atoms with van der Waals surface area (Å²) in [5.74, 6) is -0.335. The van der Waals surface area contributed by atoms with E-state index in [2.05, 4.69) is 5.32 Å². The lowest BCUT2D eigenvalue weighted by Gasteiger charge is -2.23. The number of rotatable bonds is 3. The van der Waals surface area contributed by atoms with E-state index in [1.165, 1.54) is 18.2 Å². The Morgan fingerprint density at radius 3 is 2.79 bits per heavy atom. The molecule has 104 valence electrons. The van der Waals surface area contributed by atoms with Crippen molar-refractivity contribution in [2.75, 3.05) is 13.2 Å². The molecule has 1 fully saturated rings. The Balaban J connectivity index is 2.20. The van der Waals surface area contributed by atoms with Crippen molar-refractivity contribution in [3.63, 3.8) is 0 Å². The van der Waals surface area contributed by atoms with E-state index in [9.17, 15) is 13.2 Å². The van der Waals surface area contributed by atoms with Gasteiger partial charge in [0, 0.05) is 12.2 Å². The van der Waals surface area contributed by atoms with Gasteiger partial charge in [-0.3, -0.25) is 4.79 Å². The SMILES string of the molecule is CC1(NC(=O)c2cccc(S(N)(=O)=O)c2)CCOC1. The first kappa shape index (κ1) is 14.0. The largest absolute Gasteiger partial charge is 0.379 e. The van der Waals surface area contributed by atoms with Gasteiger partial charge in [-0.15, -0.1) is 0 Å². The first-order chi connectivity index (χ1) is 8.80. The van der Waals surface area contributed by atoms with Gasteiger partial charge in [-0.05, 0) is 31.5 Å². The lowest BCUT2D eigenvalue weighted by Crippen LogP contribution is -2.46. The van der Waals surface area contributed by atoms with Crippen LogP contribution >= 0.6 is 0 Å². The molecule has 0 aromatic heterocycles. The molecule has 1 unspecified atom stereocenters. The molecule has 1 aliphatic rings. The van der Waals surface area contributed by atoms with Gasteiger partial charge in [0.1, 0.15) is 0 Å². The third-order valence-corrected chi connectivity index (χ3v) is 3.97. The van der Waals surface area contributed by atoms with E-state index < -0.39 is 15.6 Å². The minimum atomic E-state index is -3.81. The first-order valence-electron chi connectivity index (χ1n) is 5.83. The Morgan fingerprint density at radius 2 is 2.21 bits per heavy atom. The molecular formula is C12H16N2O4S. The molecule has 2 rings (SSSR count). The molecule has 1 amide bonds. The van der Waals surface area contributed by atoms with Crippen molar-refractivity contribution in [1.29, 1.82) is 0 Å². The number of amides is 1. The van der Waals surface area contributed by atoms with Gasteiger partial charge in [-0.2, -0.15) is 0 Å². The number of nitrogens with one attached hydrogen (secondary N) is 1. The molecule has 1 aromatic rings. The number of carbonyl (C=O) groups is 1. The summed E-state index contributed by atoms with van der Waals surface area (Å²) >= 11 is 0. The van der Waals surface area contributed by atoms with Crippen LogP contribution in [0.4, 0.5) is 0 Å². The maximum atomic E-state index is 12.1. The topological polar surface area (TPSA) is 98.5 Å². The van der Waals surface area contributed by atoms with Gasteiger partial charge in [0.25, 0.3) is 5.91 Å². The zero-order chi connectivity index (χ0) is 14.1. The standard InChI is InChI=1S/C12H16N2O4S/c1-12(5-6-18-8-12)14-11(15)9-3-2-4-10(7-9)19(13,16)17/h2-4,7H,5-6,8H2,1H3,(H,14,15)(H2,13,16,17). The second kappa shape index (κ2) is 4.92. The Labute approximate surface area is 112 Å². The van der Waals surface area contributed by atoms with Gasteiger partial charge < -0.3 is 10.1 Å². The van der Waals surface area contributed by atoms with Crippen LogP contribution in [0.15, 0.2) is 29.2 Å². The van der Waals surface area contributed by atoms with Crippen LogP contribution < -0.4 is 10.5 Å². The second-order valence-corrected chi connectivity index (χ2v) is 6.45. The van der Waals surface area contributed by atoms with Crippen LogP contribution in [-0.2, 0) is 14.8 Å². The van der Waals surface area contributed by atoms with Crippen molar-refractivity contribution >= 4 is 15.9 Å². The molecule has 7 heteroatoms. The van der Waals surface area contributed by atoms with E-state index in [1.807, 2.05) is 6.92 Å². The highest BCUT2D eigenvalue weighted by Gasteiger charge is 2.31. The fraction of sp³-hybridized carbons (Fsp3) is 0.417. The first-order valence-corrected chi connectivity index (χ1v) is 7.38. The minimum absolute atomic E-state index is 0.0759. The van der Waals surface area contributed by atoms with Gasteiger partial charge in [0.15, 0.2) is 0 Å². The van der Waals surface area contributed by atoms with Gasteiger partial charge in [0.2, 0.25) is 10.0 Å². The highest BCUT2D eigenvalue weighted by atomic mass is 32.2. The average molecular weight is 284 g/mol. The Hall–Kier alpha value is -1.44. The van der Waals surface area contributed by atoms with Crippen molar-refractivity contribution in [2.45, 2.75) is 23.8 Å². The van der Waals surface area contributed by atoms with Crippen LogP contribution in [0.1, 0.15) is 23.7 Å². The van der Waals surface area contributed by atoms with Crippen molar-refractivity contribution in [1.82, 2.24) is 5.32 Å². The average Bonchev–Trinajstić information content (AvgIpc) is 2.75. The zero-order valence-corrected chi connectivity index (χ0v) is 11.4. The van der Waals surface area contributed by atoms with Crippen LogP contribution in [0.3, 0.4) is 0 Å². The van der Waals surface area contributed by atoms with Crippen molar-refractivity contribution in [2.24, 2.45) is 5.14 Å². The van der Waals surface area contributed by atoms with Gasteiger partial charge in [0.05, 0.1) is 17.0 Å². The number of carbonyl (C=O) groups excluding carboxylic acids is 1. The number of sulfonamides is 1. The molecule has 1 atom stereocenters. The number of ether oxygens (including phenoxy) is 1. The summed E-state index contributed by atoms with van der Waals surface area (Å²) in [6, 6.07) is 5.65. The Bertz CT molecular complexity index is 592. The molecule has 0 aliphatic carbocycles. The maximum Gasteiger partial charge on any atom is 0.251 e. The van der Waals surface area contributed by atoms with Crippen LogP contribution in [0.2, 0.25) is 0 Å². The third kappa shape index (κ3) is 3.31. The van der Waals surface area contributed by atoms with Gasteiger partial charge in [-0.1, -0.05) is 6.07 Å². The molecule has 0 radical (unpaired) electrons. The molecule has 0 bridgehead atoms. The van der Waals surface area contributed by atoms with E-state index in [4.69, 9.17) is 9.88 Å². The molecule has 0 spiro atoms. The molecule has 1 heterocycles. The highest BCUT2D eigenvalue weighted by molar-refractivity contribution is 7.89. The molecule has 1 aromatic carbocycles. The number of hydrogen-bond acceptors (Lipinski definition) is 4. The lowest BCUT2D eigenvalue weighted by molar-refractivity contribution is 0.0889. The molecule has 1 aliphatic heterocycles. The van der Waals surface area contributed by atoms with E-state index in [0.717, 1.165) is 6.42 Å².